The Morgan fingerprint density at radius 2 is 2.18 bits per heavy atom. The van der Waals surface area contributed by atoms with Gasteiger partial charge in [0.1, 0.15) is 0 Å². The van der Waals surface area contributed by atoms with Crippen molar-refractivity contribution in [3.8, 4) is 0 Å². The molecule has 0 fully saturated rings. The van der Waals surface area contributed by atoms with E-state index in [1.54, 1.807) is 24.5 Å². The molecular weight excluding hydrogens is 144 g/mol. The summed E-state index contributed by atoms with van der Waals surface area (Å²) in [7, 11) is 0. The molecule has 1 rings (SSSR count). The van der Waals surface area contributed by atoms with Gasteiger partial charge in [0.2, 0.25) is 6.20 Å². The zero-order chi connectivity index (χ0) is 8.10. The fourth-order valence-corrected chi connectivity index (χ4v) is 0.575. The molecular formula is C7H5N2O2. The molecule has 0 aliphatic heterocycles. The van der Waals surface area contributed by atoms with E-state index < -0.39 is 4.92 Å². The first-order valence-corrected chi connectivity index (χ1v) is 2.92. The molecule has 0 aliphatic carbocycles. The van der Waals surface area contributed by atoms with Crippen LogP contribution >= 0.6 is 0 Å². The van der Waals surface area contributed by atoms with E-state index in [1.165, 1.54) is 0 Å². The van der Waals surface area contributed by atoms with Crippen LogP contribution in [0.4, 0.5) is 0 Å². The standard InChI is InChI=1S/C7H5N2O2/c10-9(11)6-3-7-1-4-8-5-2-7/h1-2,4-6H. The summed E-state index contributed by atoms with van der Waals surface area (Å²) in [5.41, 5.74) is 0.650. The maximum Gasteiger partial charge on any atom is 0.243 e. The van der Waals surface area contributed by atoms with Crippen LogP contribution < -0.4 is 0 Å². The summed E-state index contributed by atoms with van der Waals surface area (Å²) in [5, 5.41) is 9.84. The van der Waals surface area contributed by atoms with E-state index in [9.17, 15) is 10.1 Å². The molecule has 4 nitrogen and oxygen atoms in total. The van der Waals surface area contributed by atoms with Gasteiger partial charge in [0.25, 0.3) is 0 Å². The summed E-state index contributed by atoms with van der Waals surface area (Å²) in [6.07, 6.45) is 6.36. The molecule has 0 bridgehead atoms. The maximum atomic E-state index is 9.84. The van der Waals surface area contributed by atoms with Crippen molar-refractivity contribution in [2.45, 2.75) is 0 Å². The molecule has 0 N–H and O–H groups in total. The van der Waals surface area contributed by atoms with Gasteiger partial charge in [0.05, 0.1) is 11.0 Å². The van der Waals surface area contributed by atoms with Crippen LogP contribution in [0.25, 0.3) is 0 Å². The summed E-state index contributed by atoms with van der Waals surface area (Å²) in [5.74, 6) is 0. The molecule has 0 amide bonds. The lowest BCUT2D eigenvalue weighted by atomic mass is 10.3. The lowest BCUT2D eigenvalue weighted by Gasteiger charge is -1.85. The van der Waals surface area contributed by atoms with Crippen molar-refractivity contribution in [1.29, 1.82) is 0 Å². The summed E-state index contributed by atoms with van der Waals surface area (Å²) in [6.45, 7) is 0. The van der Waals surface area contributed by atoms with Crippen LogP contribution in [0.15, 0.2) is 30.7 Å². The van der Waals surface area contributed by atoms with E-state index in [0.717, 1.165) is 6.20 Å². The van der Waals surface area contributed by atoms with Crippen molar-refractivity contribution in [3.05, 3.63) is 52.5 Å². The van der Waals surface area contributed by atoms with Gasteiger partial charge in [-0.05, 0) is 17.7 Å². The normalized spacial score (nSPS) is 10.2. The van der Waals surface area contributed by atoms with Gasteiger partial charge in [0.15, 0.2) is 0 Å². The molecule has 0 unspecified atom stereocenters. The Morgan fingerprint density at radius 1 is 1.55 bits per heavy atom. The number of rotatable bonds is 2. The molecule has 1 heterocycles. The second-order valence-electron chi connectivity index (χ2n) is 1.79. The first-order chi connectivity index (χ1) is 5.29. The number of hydrogen-bond donors (Lipinski definition) is 0. The lowest BCUT2D eigenvalue weighted by molar-refractivity contribution is -0.403. The van der Waals surface area contributed by atoms with E-state index in [-0.39, 0.29) is 0 Å². The van der Waals surface area contributed by atoms with Crippen LogP contribution in [-0.2, 0) is 0 Å². The monoisotopic (exact) mass is 149 g/mol. The summed E-state index contributed by atoms with van der Waals surface area (Å²) < 4.78 is 0. The van der Waals surface area contributed by atoms with Crippen molar-refractivity contribution < 1.29 is 4.92 Å². The predicted octanol–water partition coefficient (Wildman–Crippen LogP) is 1.02. The number of nitro groups is 1. The van der Waals surface area contributed by atoms with Crippen LogP contribution in [0, 0.1) is 16.2 Å². The minimum Gasteiger partial charge on any atom is -0.265 e. The third kappa shape index (κ3) is 2.57. The Kier molecular flexibility index (Phi) is 2.32. The van der Waals surface area contributed by atoms with Crippen molar-refractivity contribution in [3.63, 3.8) is 0 Å². The van der Waals surface area contributed by atoms with Crippen molar-refractivity contribution >= 4 is 0 Å². The minimum atomic E-state index is -0.555. The van der Waals surface area contributed by atoms with Gasteiger partial charge in [-0.15, -0.1) is 0 Å². The maximum absolute atomic E-state index is 9.84. The molecule has 0 aliphatic rings. The fourth-order valence-electron chi connectivity index (χ4n) is 0.575. The van der Waals surface area contributed by atoms with Gasteiger partial charge < -0.3 is 0 Å². The van der Waals surface area contributed by atoms with Crippen LogP contribution in [0.1, 0.15) is 5.56 Å². The molecule has 0 spiro atoms. The molecule has 0 saturated heterocycles. The first-order valence-electron chi connectivity index (χ1n) is 2.92. The average Bonchev–Trinajstić information content (AvgIpc) is 2.03. The minimum absolute atomic E-state index is 0.555. The highest BCUT2D eigenvalue weighted by Gasteiger charge is 1.88. The van der Waals surface area contributed by atoms with Crippen molar-refractivity contribution in [2.24, 2.45) is 0 Å². The SMILES string of the molecule is O=[N+]([O-])/C=[C]/c1ccncc1. The van der Waals surface area contributed by atoms with E-state index in [4.69, 9.17) is 0 Å². The zero-order valence-electron chi connectivity index (χ0n) is 5.60. The third-order valence-electron chi connectivity index (χ3n) is 1.02. The third-order valence-corrected chi connectivity index (χ3v) is 1.02. The van der Waals surface area contributed by atoms with Gasteiger partial charge in [-0.25, -0.2) is 0 Å². The molecule has 1 radical (unpaired) electrons. The zero-order valence-corrected chi connectivity index (χ0v) is 5.60. The Morgan fingerprint density at radius 3 is 2.73 bits per heavy atom. The Hall–Kier alpha value is -1.71. The van der Waals surface area contributed by atoms with E-state index in [2.05, 4.69) is 11.1 Å². The number of aromatic nitrogens is 1. The molecule has 1 aromatic heterocycles. The van der Waals surface area contributed by atoms with E-state index in [1.807, 2.05) is 0 Å². The van der Waals surface area contributed by atoms with Crippen molar-refractivity contribution in [1.82, 2.24) is 4.98 Å². The highest BCUT2D eigenvalue weighted by atomic mass is 16.6. The molecule has 1 aromatic rings. The van der Waals surface area contributed by atoms with E-state index in [0.29, 0.717) is 5.56 Å². The van der Waals surface area contributed by atoms with Gasteiger partial charge in [0, 0.05) is 12.4 Å². The molecule has 0 saturated carbocycles. The predicted molar refractivity (Wildman–Crippen MR) is 38.1 cm³/mol. The van der Waals surface area contributed by atoms with Crippen LogP contribution in [0.5, 0.6) is 0 Å². The number of nitrogens with zero attached hydrogens (tertiary/aromatic N) is 2. The van der Waals surface area contributed by atoms with Gasteiger partial charge in [-0.1, -0.05) is 0 Å². The Balaban J connectivity index is 2.72. The first kappa shape index (κ1) is 7.40. The fraction of sp³-hybridized carbons (Fsp3) is 0. The summed E-state index contributed by atoms with van der Waals surface area (Å²) >= 11 is 0. The topological polar surface area (TPSA) is 56.0 Å². The number of pyridine rings is 1. The largest absolute Gasteiger partial charge is 0.265 e. The lowest BCUT2D eigenvalue weighted by Crippen LogP contribution is -1.83. The highest BCUT2D eigenvalue weighted by Crippen LogP contribution is 1.94. The molecule has 0 aromatic carbocycles. The van der Waals surface area contributed by atoms with Gasteiger partial charge >= 0.3 is 0 Å². The Labute approximate surface area is 63.3 Å². The summed E-state index contributed by atoms with van der Waals surface area (Å²) in [6, 6.07) is 3.28. The average molecular weight is 149 g/mol. The van der Waals surface area contributed by atoms with Crippen LogP contribution in [-0.4, -0.2) is 9.91 Å². The van der Waals surface area contributed by atoms with E-state index >= 15 is 0 Å². The van der Waals surface area contributed by atoms with Crippen LogP contribution in [0.3, 0.4) is 0 Å². The second kappa shape index (κ2) is 3.46. The quantitative estimate of drug-likeness (QED) is 0.466. The van der Waals surface area contributed by atoms with Crippen molar-refractivity contribution in [2.75, 3.05) is 0 Å². The number of hydrogen-bond acceptors (Lipinski definition) is 3. The van der Waals surface area contributed by atoms with Gasteiger partial charge in [-0.3, -0.25) is 15.1 Å². The molecule has 4 heteroatoms. The molecule has 0 atom stereocenters. The molecule has 55 valence electrons. The highest BCUT2D eigenvalue weighted by molar-refractivity contribution is 5.16. The smallest absolute Gasteiger partial charge is 0.243 e. The Bertz CT molecular complexity index is 269. The second-order valence-corrected chi connectivity index (χ2v) is 1.79. The molecule has 11 heavy (non-hydrogen) atoms. The van der Waals surface area contributed by atoms with Crippen LogP contribution in [0.2, 0.25) is 0 Å². The summed E-state index contributed by atoms with van der Waals surface area (Å²) in [4.78, 5) is 13.0. The van der Waals surface area contributed by atoms with Gasteiger partial charge in [-0.2, -0.15) is 0 Å².